The second-order valence-electron chi connectivity index (χ2n) is 5.27. The molecular weight excluding hydrogens is 284 g/mol. The van der Waals surface area contributed by atoms with Crippen LogP contribution in [0.2, 0.25) is 0 Å². The number of rotatable bonds is 7. The third-order valence-electron chi connectivity index (χ3n) is 3.64. The first-order valence-corrected chi connectivity index (χ1v) is 8.05. The van der Waals surface area contributed by atoms with Crippen LogP contribution < -0.4 is 14.8 Å². The molecule has 0 saturated heterocycles. The van der Waals surface area contributed by atoms with E-state index in [9.17, 15) is 0 Å². The Bertz CT molecular complexity index is 608. The van der Waals surface area contributed by atoms with Crippen molar-refractivity contribution in [3.63, 3.8) is 0 Å². The second-order valence-corrected chi connectivity index (χ2v) is 6.21. The van der Waals surface area contributed by atoms with Crippen molar-refractivity contribution in [3.05, 3.63) is 28.6 Å². The van der Waals surface area contributed by atoms with Gasteiger partial charge in [-0.05, 0) is 37.4 Å². The molecule has 3 rings (SSSR count). The lowest BCUT2D eigenvalue weighted by atomic mass is 10.1. The molecule has 1 aromatic carbocycles. The van der Waals surface area contributed by atoms with Gasteiger partial charge in [0.1, 0.15) is 16.5 Å². The highest BCUT2D eigenvalue weighted by molar-refractivity contribution is 7.09. The maximum atomic E-state index is 5.44. The number of thiazole rings is 1. The van der Waals surface area contributed by atoms with Gasteiger partial charge in [-0.25, -0.2) is 4.98 Å². The summed E-state index contributed by atoms with van der Waals surface area (Å²) < 4.78 is 10.7. The molecule has 112 valence electrons. The zero-order valence-corrected chi connectivity index (χ0v) is 13.2. The smallest absolute Gasteiger partial charge is 0.131 e. The average molecular weight is 304 g/mol. The second kappa shape index (κ2) is 6.45. The molecule has 0 bridgehead atoms. The lowest BCUT2D eigenvalue weighted by molar-refractivity contribution is 0.395. The summed E-state index contributed by atoms with van der Waals surface area (Å²) in [5.41, 5.74) is 1.96. The molecule has 0 atom stereocenters. The molecule has 5 heteroatoms. The number of methoxy groups -OCH3 is 2. The van der Waals surface area contributed by atoms with E-state index in [-0.39, 0.29) is 0 Å². The molecule has 1 saturated carbocycles. The van der Waals surface area contributed by atoms with Gasteiger partial charge < -0.3 is 14.8 Å². The van der Waals surface area contributed by atoms with Gasteiger partial charge >= 0.3 is 0 Å². The Hall–Kier alpha value is -1.59. The molecular formula is C16H20N2O2S. The Labute approximate surface area is 129 Å². The molecule has 2 aromatic rings. The van der Waals surface area contributed by atoms with Crippen LogP contribution in [0.25, 0.3) is 11.3 Å². The summed E-state index contributed by atoms with van der Waals surface area (Å²) >= 11 is 1.69. The van der Waals surface area contributed by atoms with Gasteiger partial charge in [-0.2, -0.15) is 0 Å². The zero-order valence-electron chi connectivity index (χ0n) is 12.4. The SMILES string of the molecule is COc1ccc(-c2csc(CNCC3CC3)n2)c(OC)c1. The predicted molar refractivity (Wildman–Crippen MR) is 85.1 cm³/mol. The molecule has 0 aliphatic heterocycles. The monoisotopic (exact) mass is 304 g/mol. The summed E-state index contributed by atoms with van der Waals surface area (Å²) in [6.07, 6.45) is 2.75. The van der Waals surface area contributed by atoms with E-state index in [1.807, 2.05) is 18.2 Å². The van der Waals surface area contributed by atoms with Crippen LogP contribution in [0.1, 0.15) is 17.8 Å². The van der Waals surface area contributed by atoms with Crippen LogP contribution in [0.5, 0.6) is 11.5 Å². The summed E-state index contributed by atoms with van der Waals surface area (Å²) in [6, 6.07) is 5.82. The van der Waals surface area contributed by atoms with Crippen molar-refractivity contribution >= 4 is 11.3 Å². The van der Waals surface area contributed by atoms with Crippen molar-refractivity contribution in [2.75, 3.05) is 20.8 Å². The summed E-state index contributed by atoms with van der Waals surface area (Å²) in [7, 11) is 3.32. The lowest BCUT2D eigenvalue weighted by Crippen LogP contribution is -2.15. The third-order valence-corrected chi connectivity index (χ3v) is 4.49. The van der Waals surface area contributed by atoms with Crippen LogP contribution in [0, 0.1) is 5.92 Å². The maximum Gasteiger partial charge on any atom is 0.131 e. The number of hydrogen-bond donors (Lipinski definition) is 1. The summed E-state index contributed by atoms with van der Waals surface area (Å²) in [5.74, 6) is 2.47. The van der Waals surface area contributed by atoms with E-state index in [0.717, 1.165) is 46.8 Å². The average Bonchev–Trinajstić information content (AvgIpc) is 3.23. The minimum absolute atomic E-state index is 0.789. The fraction of sp³-hybridized carbons (Fsp3) is 0.438. The zero-order chi connectivity index (χ0) is 14.7. The Balaban J connectivity index is 1.72. The summed E-state index contributed by atoms with van der Waals surface area (Å²) in [6.45, 7) is 1.96. The quantitative estimate of drug-likeness (QED) is 0.852. The van der Waals surface area contributed by atoms with Crippen LogP contribution in [-0.4, -0.2) is 25.7 Å². The Kier molecular flexibility index (Phi) is 4.41. The van der Waals surface area contributed by atoms with Gasteiger partial charge in [-0.15, -0.1) is 11.3 Å². The normalized spacial score (nSPS) is 14.2. The molecule has 1 aromatic heterocycles. The molecule has 1 aliphatic carbocycles. The van der Waals surface area contributed by atoms with Gasteiger partial charge in [0.25, 0.3) is 0 Å². The first kappa shape index (κ1) is 14.4. The van der Waals surface area contributed by atoms with E-state index in [1.54, 1.807) is 25.6 Å². The molecule has 1 fully saturated rings. The molecule has 0 radical (unpaired) electrons. The first-order chi connectivity index (χ1) is 10.3. The minimum Gasteiger partial charge on any atom is -0.497 e. The molecule has 0 spiro atoms. The van der Waals surface area contributed by atoms with Gasteiger partial charge in [0.05, 0.1) is 19.9 Å². The summed E-state index contributed by atoms with van der Waals surface area (Å²) in [5, 5.41) is 6.67. The Morgan fingerprint density at radius 3 is 2.86 bits per heavy atom. The van der Waals surface area contributed by atoms with Crippen LogP contribution in [0.3, 0.4) is 0 Å². The van der Waals surface area contributed by atoms with Crippen LogP contribution in [-0.2, 0) is 6.54 Å². The fourth-order valence-corrected chi connectivity index (χ4v) is 2.99. The molecule has 0 unspecified atom stereocenters. The number of nitrogens with zero attached hydrogens (tertiary/aromatic N) is 1. The molecule has 1 heterocycles. The van der Waals surface area contributed by atoms with Gasteiger partial charge in [-0.3, -0.25) is 0 Å². The van der Waals surface area contributed by atoms with Crippen LogP contribution in [0.15, 0.2) is 23.6 Å². The topological polar surface area (TPSA) is 43.4 Å². The fourth-order valence-electron chi connectivity index (χ4n) is 2.23. The Morgan fingerprint density at radius 1 is 1.29 bits per heavy atom. The predicted octanol–water partition coefficient (Wildman–Crippen LogP) is 3.33. The van der Waals surface area contributed by atoms with Gasteiger partial charge in [-0.1, -0.05) is 0 Å². The number of benzene rings is 1. The third kappa shape index (κ3) is 3.54. The minimum atomic E-state index is 0.789. The molecule has 0 amide bonds. The molecule has 21 heavy (non-hydrogen) atoms. The van der Waals surface area contributed by atoms with E-state index in [0.29, 0.717) is 0 Å². The molecule has 4 nitrogen and oxygen atoms in total. The van der Waals surface area contributed by atoms with Crippen molar-refractivity contribution in [1.82, 2.24) is 10.3 Å². The van der Waals surface area contributed by atoms with E-state index in [2.05, 4.69) is 10.7 Å². The number of nitrogens with one attached hydrogen (secondary N) is 1. The van der Waals surface area contributed by atoms with E-state index in [1.165, 1.54) is 12.8 Å². The van der Waals surface area contributed by atoms with E-state index >= 15 is 0 Å². The molecule has 1 N–H and O–H groups in total. The molecule has 1 aliphatic rings. The van der Waals surface area contributed by atoms with Gasteiger partial charge in [0, 0.05) is 23.6 Å². The van der Waals surface area contributed by atoms with Crippen molar-refractivity contribution in [2.24, 2.45) is 5.92 Å². The van der Waals surface area contributed by atoms with Crippen molar-refractivity contribution in [2.45, 2.75) is 19.4 Å². The van der Waals surface area contributed by atoms with Gasteiger partial charge in [0.2, 0.25) is 0 Å². The van der Waals surface area contributed by atoms with Crippen LogP contribution >= 0.6 is 11.3 Å². The highest BCUT2D eigenvalue weighted by Gasteiger charge is 2.20. The van der Waals surface area contributed by atoms with Gasteiger partial charge in [0.15, 0.2) is 0 Å². The lowest BCUT2D eigenvalue weighted by Gasteiger charge is -2.08. The summed E-state index contributed by atoms with van der Waals surface area (Å²) in [4.78, 5) is 4.70. The number of hydrogen-bond acceptors (Lipinski definition) is 5. The van der Waals surface area contributed by atoms with Crippen LogP contribution in [0.4, 0.5) is 0 Å². The van der Waals surface area contributed by atoms with Crippen molar-refractivity contribution in [1.29, 1.82) is 0 Å². The first-order valence-electron chi connectivity index (χ1n) is 7.17. The Morgan fingerprint density at radius 2 is 2.14 bits per heavy atom. The standard InChI is InChI=1S/C16H20N2O2S/c1-19-12-5-6-13(15(7-12)20-2)14-10-21-16(18-14)9-17-8-11-3-4-11/h5-7,10-11,17H,3-4,8-9H2,1-2H3. The van der Waals surface area contributed by atoms with E-state index < -0.39 is 0 Å². The van der Waals surface area contributed by atoms with E-state index in [4.69, 9.17) is 14.5 Å². The van der Waals surface area contributed by atoms with Crippen molar-refractivity contribution in [3.8, 4) is 22.8 Å². The highest BCUT2D eigenvalue weighted by Crippen LogP contribution is 2.34. The number of ether oxygens (including phenoxy) is 2. The van der Waals surface area contributed by atoms with Crippen molar-refractivity contribution < 1.29 is 9.47 Å². The number of aromatic nitrogens is 1. The largest absolute Gasteiger partial charge is 0.497 e. The highest BCUT2D eigenvalue weighted by atomic mass is 32.1. The maximum absolute atomic E-state index is 5.44.